The Morgan fingerprint density at radius 3 is 2.52 bits per heavy atom. The maximum absolute atomic E-state index is 12.7. The van der Waals surface area contributed by atoms with E-state index in [1.165, 1.54) is 0 Å². The van der Waals surface area contributed by atoms with Gasteiger partial charge < -0.3 is 9.14 Å². The minimum atomic E-state index is -0.566. The molecule has 118 valence electrons. The van der Waals surface area contributed by atoms with Gasteiger partial charge in [0, 0.05) is 18.6 Å². The second-order valence-electron chi connectivity index (χ2n) is 6.23. The van der Waals surface area contributed by atoms with Crippen LogP contribution in [-0.2, 0) is 4.74 Å². The highest BCUT2D eigenvalue weighted by Crippen LogP contribution is 2.27. The van der Waals surface area contributed by atoms with Gasteiger partial charge in [0.1, 0.15) is 11.2 Å². The molecule has 0 atom stereocenters. The average molecular weight is 309 g/mol. The van der Waals surface area contributed by atoms with Gasteiger partial charge in [0.25, 0.3) is 0 Å². The van der Waals surface area contributed by atoms with Crippen LogP contribution < -0.4 is 4.90 Å². The van der Waals surface area contributed by atoms with Crippen LogP contribution in [0.3, 0.4) is 0 Å². The van der Waals surface area contributed by atoms with Crippen LogP contribution in [0.15, 0.2) is 61.1 Å². The molecule has 1 amide bonds. The molecule has 0 radical (unpaired) electrons. The number of pyridine rings is 1. The Labute approximate surface area is 135 Å². The fourth-order valence-corrected chi connectivity index (χ4v) is 2.29. The zero-order valence-corrected chi connectivity index (χ0v) is 13.4. The summed E-state index contributed by atoms with van der Waals surface area (Å²) >= 11 is 0. The summed E-state index contributed by atoms with van der Waals surface area (Å²) in [5.41, 5.74) is 1.73. The van der Waals surface area contributed by atoms with Crippen molar-refractivity contribution in [2.75, 3.05) is 4.90 Å². The minimum Gasteiger partial charge on any atom is -0.443 e. The molecule has 23 heavy (non-hydrogen) atoms. The Balaban J connectivity index is 2.05. The van der Waals surface area contributed by atoms with Crippen LogP contribution >= 0.6 is 0 Å². The van der Waals surface area contributed by atoms with Crippen molar-refractivity contribution in [2.24, 2.45) is 0 Å². The second kappa shape index (κ2) is 5.76. The first kappa shape index (κ1) is 15.1. The molecule has 3 rings (SSSR count). The molecule has 5 nitrogen and oxygen atoms in total. The number of nitrogens with zero attached hydrogens (tertiary/aromatic N) is 3. The van der Waals surface area contributed by atoms with Crippen LogP contribution in [0.25, 0.3) is 5.65 Å². The first-order valence-corrected chi connectivity index (χ1v) is 7.45. The van der Waals surface area contributed by atoms with E-state index < -0.39 is 11.7 Å². The van der Waals surface area contributed by atoms with Gasteiger partial charge in [-0.15, -0.1) is 0 Å². The van der Waals surface area contributed by atoms with Gasteiger partial charge in [-0.25, -0.2) is 14.7 Å². The van der Waals surface area contributed by atoms with E-state index in [4.69, 9.17) is 4.74 Å². The quantitative estimate of drug-likeness (QED) is 0.704. The molecule has 0 N–H and O–H groups in total. The number of carbonyl (C=O) groups is 1. The lowest BCUT2D eigenvalue weighted by atomic mass is 10.2. The van der Waals surface area contributed by atoms with E-state index in [0.29, 0.717) is 0 Å². The van der Waals surface area contributed by atoms with Gasteiger partial charge in [0.2, 0.25) is 0 Å². The molecular weight excluding hydrogens is 290 g/mol. The van der Waals surface area contributed by atoms with Gasteiger partial charge in [-0.1, -0.05) is 18.2 Å². The van der Waals surface area contributed by atoms with Gasteiger partial charge in [-0.05, 0) is 45.0 Å². The van der Waals surface area contributed by atoms with Crippen LogP contribution in [0.4, 0.5) is 16.2 Å². The number of fused-ring (bicyclic) bond motifs is 1. The molecular formula is C18H19N3O2. The molecule has 5 heteroatoms. The third kappa shape index (κ3) is 3.34. The number of hydrogen-bond donors (Lipinski definition) is 0. The smallest absolute Gasteiger partial charge is 0.419 e. The molecule has 0 aliphatic heterocycles. The Morgan fingerprint density at radius 1 is 1.09 bits per heavy atom. The Kier molecular flexibility index (Phi) is 3.78. The first-order valence-electron chi connectivity index (χ1n) is 7.45. The Morgan fingerprint density at radius 2 is 1.83 bits per heavy atom. The molecule has 2 aromatic heterocycles. The number of rotatable bonds is 2. The van der Waals surface area contributed by atoms with Crippen molar-refractivity contribution in [2.45, 2.75) is 26.4 Å². The summed E-state index contributed by atoms with van der Waals surface area (Å²) in [6.45, 7) is 5.56. The van der Waals surface area contributed by atoms with Crippen molar-refractivity contribution in [3.8, 4) is 0 Å². The molecule has 0 aliphatic carbocycles. The number of imidazole rings is 1. The van der Waals surface area contributed by atoms with Gasteiger partial charge in [-0.2, -0.15) is 0 Å². The summed E-state index contributed by atoms with van der Waals surface area (Å²) in [4.78, 5) is 18.5. The monoisotopic (exact) mass is 309 g/mol. The molecule has 3 aromatic rings. The van der Waals surface area contributed by atoms with Crippen molar-refractivity contribution in [1.82, 2.24) is 9.38 Å². The zero-order valence-electron chi connectivity index (χ0n) is 13.4. The van der Waals surface area contributed by atoms with Crippen LogP contribution in [0.1, 0.15) is 20.8 Å². The average Bonchev–Trinajstić information content (AvgIpc) is 2.94. The predicted molar refractivity (Wildman–Crippen MR) is 90.0 cm³/mol. The normalized spacial score (nSPS) is 11.4. The Hall–Kier alpha value is -2.82. The third-order valence-corrected chi connectivity index (χ3v) is 3.22. The topological polar surface area (TPSA) is 46.8 Å². The lowest BCUT2D eigenvalue weighted by molar-refractivity contribution is 0.0599. The lowest BCUT2D eigenvalue weighted by Crippen LogP contribution is -2.34. The number of ether oxygens (including phenoxy) is 1. The van der Waals surface area contributed by atoms with Crippen LogP contribution in [-0.4, -0.2) is 21.1 Å². The Bertz CT molecular complexity index is 819. The number of anilines is 2. The first-order chi connectivity index (χ1) is 10.9. The van der Waals surface area contributed by atoms with Crippen LogP contribution in [0.2, 0.25) is 0 Å². The second-order valence-corrected chi connectivity index (χ2v) is 6.23. The van der Waals surface area contributed by atoms with Gasteiger partial charge >= 0.3 is 6.09 Å². The molecule has 0 aliphatic rings. The molecule has 0 saturated heterocycles. The maximum Gasteiger partial charge on any atom is 0.419 e. The predicted octanol–water partition coefficient (Wildman–Crippen LogP) is 4.41. The van der Waals surface area contributed by atoms with E-state index in [1.54, 1.807) is 11.1 Å². The summed E-state index contributed by atoms with van der Waals surface area (Å²) < 4.78 is 7.44. The number of aromatic nitrogens is 2. The minimum absolute atomic E-state index is 0.414. The molecule has 0 fully saturated rings. The largest absolute Gasteiger partial charge is 0.443 e. The van der Waals surface area contributed by atoms with E-state index in [1.807, 2.05) is 80.0 Å². The van der Waals surface area contributed by atoms with Crippen molar-refractivity contribution in [3.05, 3.63) is 61.1 Å². The fourth-order valence-electron chi connectivity index (χ4n) is 2.29. The highest BCUT2D eigenvalue weighted by atomic mass is 16.6. The number of para-hydroxylation sites is 1. The van der Waals surface area contributed by atoms with E-state index in [0.717, 1.165) is 17.0 Å². The third-order valence-electron chi connectivity index (χ3n) is 3.22. The summed E-state index contributed by atoms with van der Waals surface area (Å²) in [7, 11) is 0. The standard InChI is InChI=1S/C18H19N3O2/c1-18(2,3)23-17(22)21(14-7-5-4-6-8-14)15-9-10-16-19-11-12-20(16)13-15/h4-13H,1-3H3. The number of amides is 1. The summed E-state index contributed by atoms with van der Waals surface area (Å²) in [6.07, 6.45) is 5.01. The number of benzene rings is 1. The van der Waals surface area contributed by atoms with E-state index in [2.05, 4.69) is 4.98 Å². The van der Waals surface area contributed by atoms with E-state index in [9.17, 15) is 4.79 Å². The van der Waals surface area contributed by atoms with E-state index >= 15 is 0 Å². The maximum atomic E-state index is 12.7. The highest BCUT2D eigenvalue weighted by molar-refractivity contribution is 5.96. The zero-order chi connectivity index (χ0) is 16.4. The van der Waals surface area contributed by atoms with Crippen LogP contribution in [0.5, 0.6) is 0 Å². The van der Waals surface area contributed by atoms with Crippen LogP contribution in [0, 0.1) is 0 Å². The summed E-state index contributed by atoms with van der Waals surface area (Å²) in [6, 6.07) is 13.2. The van der Waals surface area contributed by atoms with Gasteiger partial charge in [0.15, 0.2) is 0 Å². The molecule has 0 spiro atoms. The van der Waals surface area contributed by atoms with Gasteiger partial charge in [0.05, 0.1) is 11.4 Å². The lowest BCUT2D eigenvalue weighted by Gasteiger charge is -2.27. The number of hydrogen-bond acceptors (Lipinski definition) is 3. The highest BCUT2D eigenvalue weighted by Gasteiger charge is 2.25. The van der Waals surface area contributed by atoms with Crippen molar-refractivity contribution in [1.29, 1.82) is 0 Å². The van der Waals surface area contributed by atoms with Crippen molar-refractivity contribution in [3.63, 3.8) is 0 Å². The molecule has 0 bridgehead atoms. The van der Waals surface area contributed by atoms with Gasteiger partial charge in [-0.3, -0.25) is 0 Å². The van der Waals surface area contributed by atoms with E-state index in [-0.39, 0.29) is 0 Å². The fraction of sp³-hybridized carbons (Fsp3) is 0.222. The summed E-state index contributed by atoms with van der Waals surface area (Å²) in [5, 5.41) is 0. The van der Waals surface area contributed by atoms with Crippen molar-refractivity contribution < 1.29 is 9.53 Å². The molecule has 0 unspecified atom stereocenters. The molecule has 0 saturated carbocycles. The molecule has 2 heterocycles. The summed E-state index contributed by atoms with van der Waals surface area (Å²) in [5.74, 6) is 0. The molecule has 1 aromatic carbocycles. The SMILES string of the molecule is CC(C)(C)OC(=O)N(c1ccccc1)c1ccc2nccn2c1. The van der Waals surface area contributed by atoms with Crippen molar-refractivity contribution >= 4 is 23.1 Å². The number of carbonyl (C=O) groups excluding carboxylic acids is 1.